The van der Waals surface area contributed by atoms with Crippen LogP contribution in [0.1, 0.15) is 12.5 Å². The lowest BCUT2D eigenvalue weighted by molar-refractivity contribution is -0.127. The van der Waals surface area contributed by atoms with Gasteiger partial charge in [0.1, 0.15) is 0 Å². The number of fused-ring (bicyclic) bond motifs is 1. The number of carbonyl (C=O) groups excluding carboxylic acids is 2. The molecule has 0 saturated carbocycles. The zero-order valence-corrected chi connectivity index (χ0v) is 17.0. The van der Waals surface area contributed by atoms with Crippen LogP contribution in [-0.4, -0.2) is 37.8 Å². The summed E-state index contributed by atoms with van der Waals surface area (Å²) >= 11 is 1.44. The Bertz CT molecular complexity index is 871. The van der Waals surface area contributed by atoms with Crippen LogP contribution in [0, 0.1) is 5.92 Å². The molecule has 0 saturated heterocycles. The maximum Gasteiger partial charge on any atom is 0.238 e. The van der Waals surface area contributed by atoms with Crippen molar-refractivity contribution in [3.8, 4) is 11.5 Å². The molecule has 1 aliphatic heterocycles. The van der Waals surface area contributed by atoms with Gasteiger partial charge in [-0.25, -0.2) is 0 Å². The second-order valence-electron chi connectivity index (χ2n) is 6.54. The van der Waals surface area contributed by atoms with Gasteiger partial charge in [0, 0.05) is 11.4 Å². The summed E-state index contributed by atoms with van der Waals surface area (Å²) in [6.07, 6.45) is 0.658. The van der Waals surface area contributed by atoms with E-state index in [1.165, 1.54) is 11.8 Å². The van der Waals surface area contributed by atoms with Crippen LogP contribution in [0.4, 0.5) is 5.69 Å². The summed E-state index contributed by atoms with van der Waals surface area (Å²) in [4.78, 5) is 25.9. The van der Waals surface area contributed by atoms with E-state index < -0.39 is 11.2 Å². The van der Waals surface area contributed by atoms with Crippen LogP contribution in [0.25, 0.3) is 0 Å². The molecule has 1 heterocycles. The van der Waals surface area contributed by atoms with Crippen molar-refractivity contribution in [3.05, 3.63) is 48.0 Å². The van der Waals surface area contributed by atoms with Crippen molar-refractivity contribution in [3.63, 3.8) is 0 Å². The summed E-state index contributed by atoms with van der Waals surface area (Å²) in [6, 6.07) is 13.3. The van der Waals surface area contributed by atoms with Gasteiger partial charge in [-0.15, -0.1) is 11.8 Å². The largest absolute Gasteiger partial charge is 0.493 e. The summed E-state index contributed by atoms with van der Waals surface area (Å²) in [7, 11) is 3.19. The minimum Gasteiger partial charge on any atom is -0.493 e. The molecule has 6 nitrogen and oxygen atoms in total. The lowest BCUT2D eigenvalue weighted by Gasteiger charge is -2.27. The first-order chi connectivity index (χ1) is 13.5. The Morgan fingerprint density at radius 3 is 2.68 bits per heavy atom. The number of anilines is 1. The zero-order chi connectivity index (χ0) is 20.1. The number of thioether (sulfide) groups is 1. The van der Waals surface area contributed by atoms with Crippen LogP contribution in [0.5, 0.6) is 11.5 Å². The second-order valence-corrected chi connectivity index (χ2v) is 7.73. The fourth-order valence-corrected chi connectivity index (χ4v) is 4.23. The number of hydrogen-bond acceptors (Lipinski definition) is 5. The second kappa shape index (κ2) is 9.01. The van der Waals surface area contributed by atoms with E-state index in [4.69, 9.17) is 9.47 Å². The van der Waals surface area contributed by atoms with Gasteiger partial charge < -0.3 is 20.1 Å². The number of carbonyl (C=O) groups is 2. The maximum atomic E-state index is 12.6. The average Bonchev–Trinajstić information content (AvgIpc) is 2.72. The van der Waals surface area contributed by atoms with E-state index in [2.05, 4.69) is 10.6 Å². The highest BCUT2D eigenvalue weighted by atomic mass is 32.2. The summed E-state index contributed by atoms with van der Waals surface area (Å²) in [5, 5.41) is 5.37. The summed E-state index contributed by atoms with van der Waals surface area (Å²) in [5.74, 6) is 0.626. The van der Waals surface area contributed by atoms with Crippen molar-refractivity contribution >= 4 is 29.3 Å². The lowest BCUT2D eigenvalue weighted by Crippen LogP contribution is -2.42. The Hall–Kier alpha value is -2.67. The molecular weight excluding hydrogens is 376 g/mol. The van der Waals surface area contributed by atoms with Crippen LogP contribution >= 0.6 is 11.8 Å². The number of nitrogens with one attached hydrogen (secondary N) is 2. The first-order valence-electron chi connectivity index (χ1n) is 9.08. The number of amides is 2. The predicted molar refractivity (Wildman–Crippen MR) is 110 cm³/mol. The smallest absolute Gasteiger partial charge is 0.238 e. The molecular formula is C21H24N2O4S. The highest BCUT2D eigenvalue weighted by Gasteiger charge is 2.34. The average molecular weight is 401 g/mol. The molecule has 2 aromatic carbocycles. The molecule has 1 aliphatic rings. The zero-order valence-electron chi connectivity index (χ0n) is 16.2. The summed E-state index contributed by atoms with van der Waals surface area (Å²) < 4.78 is 10.5. The van der Waals surface area contributed by atoms with E-state index in [0.717, 1.165) is 16.1 Å². The third-order valence-electron chi connectivity index (χ3n) is 4.69. The van der Waals surface area contributed by atoms with E-state index >= 15 is 0 Å². The normalized spacial score (nSPS) is 16.5. The molecule has 2 aromatic rings. The molecule has 0 spiro atoms. The standard InChI is InChI=1S/C21H24N2O4S/c1-13(19-21(25)23-15-6-4-5-7-18(15)28-19)20(24)22-11-10-14-8-9-16(26-2)17(12-14)27-3/h4-9,12-13,19H,10-11H2,1-3H3,(H,22,24)(H,23,25). The van der Waals surface area contributed by atoms with Crippen molar-refractivity contribution in [1.82, 2.24) is 5.32 Å². The molecule has 3 rings (SSSR count). The SMILES string of the molecule is COc1ccc(CCNC(=O)C(C)C2Sc3ccccc3NC2=O)cc1OC. The Kier molecular flexibility index (Phi) is 6.46. The molecule has 0 fully saturated rings. The third-order valence-corrected chi connectivity index (χ3v) is 6.17. The minimum absolute atomic E-state index is 0.132. The summed E-state index contributed by atoms with van der Waals surface area (Å²) in [5.41, 5.74) is 1.83. The summed E-state index contributed by atoms with van der Waals surface area (Å²) in [6.45, 7) is 2.27. The molecule has 2 N–H and O–H groups in total. The Morgan fingerprint density at radius 2 is 1.93 bits per heavy atom. The predicted octanol–water partition coefficient (Wildman–Crippen LogP) is 3.11. The van der Waals surface area contributed by atoms with Gasteiger partial charge in [0.15, 0.2) is 11.5 Å². The molecule has 2 amide bonds. The van der Waals surface area contributed by atoms with Crippen LogP contribution in [0.15, 0.2) is 47.4 Å². The van der Waals surface area contributed by atoms with E-state index in [0.29, 0.717) is 24.5 Å². The van der Waals surface area contributed by atoms with E-state index in [9.17, 15) is 9.59 Å². The van der Waals surface area contributed by atoms with Crippen LogP contribution in [0.2, 0.25) is 0 Å². The molecule has 2 unspecified atom stereocenters. The van der Waals surface area contributed by atoms with Crippen molar-refractivity contribution < 1.29 is 19.1 Å². The molecule has 0 radical (unpaired) electrons. The van der Waals surface area contributed by atoms with Crippen molar-refractivity contribution in [1.29, 1.82) is 0 Å². The Labute approximate surface area is 169 Å². The molecule has 0 bridgehead atoms. The van der Waals surface area contributed by atoms with Crippen molar-refractivity contribution in [2.24, 2.45) is 5.92 Å². The Morgan fingerprint density at radius 1 is 1.18 bits per heavy atom. The molecule has 28 heavy (non-hydrogen) atoms. The van der Waals surface area contributed by atoms with Gasteiger partial charge in [0.05, 0.1) is 31.1 Å². The number of para-hydroxylation sites is 1. The van der Waals surface area contributed by atoms with Crippen LogP contribution in [0.3, 0.4) is 0 Å². The molecule has 7 heteroatoms. The van der Waals surface area contributed by atoms with Gasteiger partial charge in [0.2, 0.25) is 11.8 Å². The number of hydrogen-bond donors (Lipinski definition) is 2. The molecule has 148 valence electrons. The number of benzene rings is 2. The van der Waals surface area contributed by atoms with Gasteiger partial charge in [0.25, 0.3) is 0 Å². The fourth-order valence-electron chi connectivity index (χ4n) is 3.06. The van der Waals surface area contributed by atoms with Gasteiger partial charge in [-0.1, -0.05) is 25.1 Å². The third kappa shape index (κ3) is 4.42. The number of methoxy groups -OCH3 is 2. The Balaban J connectivity index is 1.56. The maximum absolute atomic E-state index is 12.6. The van der Waals surface area contributed by atoms with E-state index in [-0.39, 0.29) is 11.8 Å². The first kappa shape index (κ1) is 20.1. The van der Waals surface area contributed by atoms with Crippen molar-refractivity contribution in [2.75, 3.05) is 26.1 Å². The number of ether oxygens (including phenoxy) is 2. The van der Waals surface area contributed by atoms with Crippen molar-refractivity contribution in [2.45, 2.75) is 23.5 Å². The minimum atomic E-state index is -0.448. The van der Waals surface area contributed by atoms with Gasteiger partial charge in [-0.3, -0.25) is 9.59 Å². The molecule has 0 aromatic heterocycles. The highest BCUT2D eigenvalue weighted by molar-refractivity contribution is 8.01. The fraction of sp³-hybridized carbons (Fsp3) is 0.333. The van der Waals surface area contributed by atoms with Gasteiger partial charge in [-0.05, 0) is 36.2 Å². The van der Waals surface area contributed by atoms with Crippen LogP contribution in [-0.2, 0) is 16.0 Å². The molecule has 2 atom stereocenters. The van der Waals surface area contributed by atoms with Gasteiger partial charge in [-0.2, -0.15) is 0 Å². The van der Waals surface area contributed by atoms with E-state index in [1.54, 1.807) is 21.1 Å². The van der Waals surface area contributed by atoms with Crippen LogP contribution < -0.4 is 20.1 Å². The number of rotatable bonds is 7. The molecule has 0 aliphatic carbocycles. The lowest BCUT2D eigenvalue weighted by atomic mass is 10.1. The monoisotopic (exact) mass is 400 g/mol. The highest BCUT2D eigenvalue weighted by Crippen LogP contribution is 2.38. The first-order valence-corrected chi connectivity index (χ1v) is 9.96. The van der Waals surface area contributed by atoms with Gasteiger partial charge >= 0.3 is 0 Å². The topological polar surface area (TPSA) is 76.7 Å². The quantitative estimate of drug-likeness (QED) is 0.747. The van der Waals surface area contributed by atoms with E-state index in [1.807, 2.05) is 42.5 Å².